The summed E-state index contributed by atoms with van der Waals surface area (Å²) in [4.78, 5) is 11.5. The zero-order chi connectivity index (χ0) is 16.8. The van der Waals surface area contributed by atoms with Crippen LogP contribution in [0.15, 0.2) is 36.4 Å². The van der Waals surface area contributed by atoms with Crippen LogP contribution in [0.25, 0.3) is 0 Å². The third-order valence-electron chi connectivity index (χ3n) is 3.59. The molecule has 0 saturated heterocycles. The summed E-state index contributed by atoms with van der Waals surface area (Å²) in [7, 11) is 0. The lowest BCUT2D eigenvalue weighted by atomic mass is 10.1. The van der Waals surface area contributed by atoms with Gasteiger partial charge in [-0.3, -0.25) is 4.79 Å². The number of benzene rings is 2. The zero-order valence-corrected chi connectivity index (χ0v) is 13.7. The number of carbonyl (C=O) groups is 1. The van der Waals surface area contributed by atoms with Gasteiger partial charge in [-0.25, -0.2) is 4.39 Å². The number of hydrogen-bond donors (Lipinski definition) is 0. The monoisotopic (exact) mass is 316 g/mol. The average Bonchev–Trinajstić information content (AvgIpc) is 2.56. The largest absolute Gasteiger partial charge is 0.488 e. The van der Waals surface area contributed by atoms with Crippen molar-refractivity contribution in [2.75, 3.05) is 0 Å². The van der Waals surface area contributed by atoms with E-state index in [4.69, 9.17) is 9.47 Å². The van der Waals surface area contributed by atoms with Crippen LogP contribution < -0.4 is 9.47 Å². The molecule has 0 heterocycles. The molecule has 0 aliphatic rings. The minimum absolute atomic E-state index is 0.207. The Bertz CT molecular complexity index is 695. The first-order valence-electron chi connectivity index (χ1n) is 7.75. The second-order valence-corrected chi connectivity index (χ2v) is 5.29. The number of halogens is 1. The quantitative estimate of drug-likeness (QED) is 0.577. The molecule has 0 bridgehead atoms. The summed E-state index contributed by atoms with van der Waals surface area (Å²) in [5.74, 6) is 0.407. The molecule has 2 aromatic carbocycles. The first-order chi connectivity index (χ1) is 11.0. The normalized spacial score (nSPS) is 10.4. The maximum absolute atomic E-state index is 13.9. The summed E-state index contributed by atoms with van der Waals surface area (Å²) in [6.45, 7) is 5.75. The molecule has 2 rings (SSSR count). The number of carbonyl (C=O) groups excluding carboxylic acids is 1. The minimum atomic E-state index is -0.299. The standard InChI is InChI=1S/C19H21FO3/c1-4-14-10-13(3)18(11-16(14)20)22-12-15-8-6-7-9-17(15)23-19(21)5-2/h6-11H,4-5,12H2,1-3H3. The Balaban J connectivity index is 2.15. The molecule has 3 nitrogen and oxygen atoms in total. The smallest absolute Gasteiger partial charge is 0.310 e. The molecule has 23 heavy (non-hydrogen) atoms. The molecule has 0 aliphatic carbocycles. The van der Waals surface area contributed by atoms with Crippen LogP contribution >= 0.6 is 0 Å². The molecule has 0 fully saturated rings. The molecule has 2 aromatic rings. The predicted octanol–water partition coefficient (Wildman–Crippen LogP) is 4.59. The molecule has 0 aliphatic heterocycles. The fourth-order valence-corrected chi connectivity index (χ4v) is 2.22. The molecule has 0 amide bonds. The molecule has 0 radical (unpaired) electrons. The summed E-state index contributed by atoms with van der Waals surface area (Å²) >= 11 is 0. The van der Waals surface area contributed by atoms with Gasteiger partial charge in [-0.15, -0.1) is 0 Å². The number of para-hydroxylation sites is 1. The van der Waals surface area contributed by atoms with E-state index in [9.17, 15) is 9.18 Å². The van der Waals surface area contributed by atoms with Gasteiger partial charge in [-0.05, 0) is 36.6 Å². The van der Waals surface area contributed by atoms with Gasteiger partial charge in [0.2, 0.25) is 0 Å². The highest BCUT2D eigenvalue weighted by molar-refractivity contribution is 5.72. The topological polar surface area (TPSA) is 35.5 Å². The van der Waals surface area contributed by atoms with Crippen molar-refractivity contribution in [3.8, 4) is 11.5 Å². The predicted molar refractivity (Wildman–Crippen MR) is 87.2 cm³/mol. The summed E-state index contributed by atoms with van der Waals surface area (Å²) in [6, 6.07) is 10.4. The van der Waals surface area contributed by atoms with Gasteiger partial charge in [-0.2, -0.15) is 0 Å². The van der Waals surface area contributed by atoms with E-state index < -0.39 is 0 Å². The third-order valence-corrected chi connectivity index (χ3v) is 3.59. The first-order valence-corrected chi connectivity index (χ1v) is 7.75. The van der Waals surface area contributed by atoms with Gasteiger partial charge in [0.25, 0.3) is 0 Å². The van der Waals surface area contributed by atoms with Crippen LogP contribution in [0, 0.1) is 12.7 Å². The van der Waals surface area contributed by atoms with Crippen LogP contribution in [0.2, 0.25) is 0 Å². The highest BCUT2D eigenvalue weighted by Crippen LogP contribution is 2.26. The second-order valence-electron chi connectivity index (χ2n) is 5.29. The summed E-state index contributed by atoms with van der Waals surface area (Å²) in [5.41, 5.74) is 2.30. The number of rotatable bonds is 6. The van der Waals surface area contributed by atoms with Crippen LogP contribution in [-0.2, 0) is 17.8 Å². The van der Waals surface area contributed by atoms with E-state index in [1.807, 2.05) is 26.0 Å². The Kier molecular flexibility index (Phi) is 5.74. The van der Waals surface area contributed by atoms with Crippen LogP contribution in [0.5, 0.6) is 11.5 Å². The fourth-order valence-electron chi connectivity index (χ4n) is 2.22. The van der Waals surface area contributed by atoms with E-state index in [0.717, 1.165) is 11.1 Å². The third kappa shape index (κ3) is 4.31. The van der Waals surface area contributed by atoms with Crippen molar-refractivity contribution in [3.05, 3.63) is 58.9 Å². The van der Waals surface area contributed by atoms with Crippen LogP contribution in [0.1, 0.15) is 37.0 Å². The molecule has 0 atom stereocenters. The van der Waals surface area contributed by atoms with E-state index >= 15 is 0 Å². The van der Waals surface area contributed by atoms with E-state index in [1.54, 1.807) is 25.1 Å². The van der Waals surface area contributed by atoms with E-state index in [2.05, 4.69) is 0 Å². The van der Waals surface area contributed by atoms with Crippen LogP contribution in [-0.4, -0.2) is 5.97 Å². The highest BCUT2D eigenvalue weighted by atomic mass is 19.1. The maximum atomic E-state index is 13.9. The molecule has 0 saturated carbocycles. The molecule has 0 unspecified atom stereocenters. The molecular weight excluding hydrogens is 295 g/mol. The highest BCUT2D eigenvalue weighted by Gasteiger charge is 2.11. The summed E-state index contributed by atoms with van der Waals surface area (Å²) < 4.78 is 24.9. The molecule has 0 aromatic heterocycles. The molecular formula is C19H21FO3. The van der Waals surface area contributed by atoms with E-state index in [0.29, 0.717) is 29.9 Å². The summed E-state index contributed by atoms with van der Waals surface area (Å²) in [5, 5.41) is 0. The maximum Gasteiger partial charge on any atom is 0.310 e. The van der Waals surface area contributed by atoms with Crippen molar-refractivity contribution in [1.29, 1.82) is 0 Å². The van der Waals surface area contributed by atoms with Crippen LogP contribution in [0.3, 0.4) is 0 Å². The summed E-state index contributed by atoms with van der Waals surface area (Å²) in [6.07, 6.45) is 0.945. The second kappa shape index (κ2) is 7.77. The fraction of sp³-hybridized carbons (Fsp3) is 0.316. The van der Waals surface area contributed by atoms with Crippen LogP contribution in [0.4, 0.5) is 4.39 Å². The Morgan fingerprint density at radius 1 is 1.09 bits per heavy atom. The average molecular weight is 316 g/mol. The van der Waals surface area contributed by atoms with Gasteiger partial charge in [0.05, 0.1) is 0 Å². The lowest BCUT2D eigenvalue weighted by Crippen LogP contribution is -2.08. The number of esters is 1. The molecule has 122 valence electrons. The van der Waals surface area contributed by atoms with Gasteiger partial charge < -0.3 is 9.47 Å². The molecule has 4 heteroatoms. The van der Waals surface area contributed by atoms with E-state index in [-0.39, 0.29) is 18.4 Å². The van der Waals surface area contributed by atoms with Gasteiger partial charge >= 0.3 is 5.97 Å². The number of ether oxygens (including phenoxy) is 2. The van der Waals surface area contributed by atoms with Gasteiger partial charge in [0.1, 0.15) is 23.9 Å². The molecule has 0 spiro atoms. The molecule has 0 N–H and O–H groups in total. The van der Waals surface area contributed by atoms with Crippen molar-refractivity contribution in [1.82, 2.24) is 0 Å². The van der Waals surface area contributed by atoms with Gasteiger partial charge in [-0.1, -0.05) is 32.0 Å². The zero-order valence-electron chi connectivity index (χ0n) is 13.7. The number of hydrogen-bond acceptors (Lipinski definition) is 3. The van der Waals surface area contributed by atoms with Crippen molar-refractivity contribution in [2.24, 2.45) is 0 Å². The lowest BCUT2D eigenvalue weighted by Gasteiger charge is -2.13. The first kappa shape index (κ1) is 17.0. The Labute approximate surface area is 136 Å². The SMILES string of the molecule is CCC(=O)Oc1ccccc1COc1cc(F)c(CC)cc1C. The Hall–Kier alpha value is -2.36. The van der Waals surface area contributed by atoms with Crippen molar-refractivity contribution >= 4 is 5.97 Å². The number of aryl methyl sites for hydroxylation is 2. The van der Waals surface area contributed by atoms with Crippen molar-refractivity contribution < 1.29 is 18.7 Å². The lowest BCUT2D eigenvalue weighted by molar-refractivity contribution is -0.134. The van der Waals surface area contributed by atoms with Crippen molar-refractivity contribution in [2.45, 2.75) is 40.2 Å². The van der Waals surface area contributed by atoms with E-state index in [1.165, 1.54) is 6.07 Å². The minimum Gasteiger partial charge on any atom is -0.488 e. The van der Waals surface area contributed by atoms with Crippen molar-refractivity contribution in [3.63, 3.8) is 0 Å². The van der Waals surface area contributed by atoms with Gasteiger partial charge in [0, 0.05) is 18.1 Å². The van der Waals surface area contributed by atoms with Gasteiger partial charge in [0.15, 0.2) is 0 Å². The Morgan fingerprint density at radius 2 is 1.83 bits per heavy atom. The Morgan fingerprint density at radius 3 is 2.52 bits per heavy atom.